The molecule has 5 rings (SSSR count). The van der Waals surface area contributed by atoms with Crippen LogP contribution >= 0.6 is 0 Å². The van der Waals surface area contributed by atoms with Gasteiger partial charge in [-0.15, -0.1) is 0 Å². The highest BCUT2D eigenvalue weighted by molar-refractivity contribution is 5.99. The van der Waals surface area contributed by atoms with E-state index in [0.717, 1.165) is 46.3 Å². The van der Waals surface area contributed by atoms with Crippen molar-refractivity contribution in [3.8, 4) is 11.5 Å². The molecule has 3 aromatic carbocycles. The Kier molecular flexibility index (Phi) is 7.79. The van der Waals surface area contributed by atoms with Crippen molar-refractivity contribution in [1.82, 2.24) is 20.4 Å². The highest BCUT2D eigenvalue weighted by Gasteiger charge is 2.30. The van der Waals surface area contributed by atoms with Crippen LogP contribution in [0.4, 0.5) is 13.2 Å². The number of nitrogens with one attached hydrogen (secondary N) is 2. The number of hydrogen-bond donors (Lipinski definition) is 2. The van der Waals surface area contributed by atoms with E-state index in [2.05, 4.69) is 21.8 Å². The van der Waals surface area contributed by atoms with Crippen LogP contribution in [0.2, 0.25) is 0 Å². The number of benzene rings is 3. The number of aryl methyl sites for hydroxylation is 1. The van der Waals surface area contributed by atoms with E-state index in [1.165, 1.54) is 12.1 Å². The number of nitrogens with zero attached hydrogens (tertiary/aromatic N) is 2. The van der Waals surface area contributed by atoms with Crippen molar-refractivity contribution in [1.29, 1.82) is 0 Å². The fourth-order valence-corrected chi connectivity index (χ4v) is 4.55. The van der Waals surface area contributed by atoms with Gasteiger partial charge in [-0.3, -0.25) is 9.48 Å². The predicted octanol–water partition coefficient (Wildman–Crippen LogP) is 5.94. The lowest BCUT2D eigenvalue weighted by molar-refractivity contribution is -0.137. The number of carbonyl (C=O) groups excluding carboxylic acids is 1. The van der Waals surface area contributed by atoms with Crippen molar-refractivity contribution in [2.45, 2.75) is 32.1 Å². The first-order valence-corrected chi connectivity index (χ1v) is 12.9. The lowest BCUT2D eigenvalue weighted by Crippen LogP contribution is -2.43. The molecule has 0 aliphatic carbocycles. The Balaban J connectivity index is 1.14. The quantitative estimate of drug-likeness (QED) is 0.253. The topological polar surface area (TPSA) is 77.4 Å². The van der Waals surface area contributed by atoms with Gasteiger partial charge < -0.3 is 20.1 Å². The average Bonchev–Trinajstić information content (AvgIpc) is 3.29. The Hall–Kier alpha value is -4.31. The number of halogens is 3. The first-order chi connectivity index (χ1) is 19.2. The average molecular weight is 551 g/mol. The van der Waals surface area contributed by atoms with Crippen molar-refractivity contribution < 1.29 is 27.4 Å². The number of alkyl halides is 3. The van der Waals surface area contributed by atoms with E-state index >= 15 is 0 Å². The number of methoxy groups -OCH3 is 1. The van der Waals surface area contributed by atoms with Crippen molar-refractivity contribution in [2.24, 2.45) is 0 Å². The molecule has 40 heavy (non-hydrogen) atoms. The van der Waals surface area contributed by atoms with Gasteiger partial charge in [-0.05, 0) is 72.7 Å². The Bertz CT molecular complexity index is 1520. The van der Waals surface area contributed by atoms with Gasteiger partial charge in [-0.25, -0.2) is 0 Å². The first-order valence-electron chi connectivity index (χ1n) is 12.9. The van der Waals surface area contributed by atoms with E-state index in [9.17, 15) is 18.0 Å². The fourth-order valence-electron chi connectivity index (χ4n) is 4.55. The van der Waals surface area contributed by atoms with Crippen molar-refractivity contribution in [3.63, 3.8) is 0 Å². The maximum absolute atomic E-state index is 12.7. The minimum atomic E-state index is -4.37. The Morgan fingerprint density at radius 2 is 1.80 bits per heavy atom. The number of rotatable bonds is 9. The second-order valence-electron chi connectivity index (χ2n) is 9.73. The van der Waals surface area contributed by atoms with Gasteiger partial charge in [0.25, 0.3) is 5.91 Å². The zero-order valence-corrected chi connectivity index (χ0v) is 22.1. The van der Waals surface area contributed by atoms with Gasteiger partial charge in [0.2, 0.25) is 0 Å². The summed E-state index contributed by atoms with van der Waals surface area (Å²) in [6.45, 7) is 3.51. The van der Waals surface area contributed by atoms with E-state index in [1.807, 2.05) is 42.1 Å². The monoisotopic (exact) mass is 550 g/mol. The largest absolute Gasteiger partial charge is 0.457 e. The molecule has 0 spiro atoms. The first kappa shape index (κ1) is 27.3. The number of amides is 1. The number of hydrogen-bond acceptors (Lipinski definition) is 5. The molecule has 0 saturated carbocycles. The Morgan fingerprint density at radius 1 is 1.12 bits per heavy atom. The maximum atomic E-state index is 12.7. The molecule has 10 heteroatoms. The summed E-state index contributed by atoms with van der Waals surface area (Å²) in [4.78, 5) is 12.5. The molecule has 4 aromatic rings. The zero-order valence-electron chi connectivity index (χ0n) is 22.1. The van der Waals surface area contributed by atoms with Gasteiger partial charge >= 0.3 is 6.18 Å². The fraction of sp³-hybridized carbons (Fsp3) is 0.267. The molecule has 1 saturated heterocycles. The van der Waals surface area contributed by atoms with Crippen LogP contribution in [-0.2, 0) is 17.5 Å². The SMILES string of the molecule is COCCNC(=O)c1cc2cn(CC3CC(=Cc4ccc(Oc5ccc(C(F)(F)F)cc5)cc4)N3)nc2cc1C. The summed E-state index contributed by atoms with van der Waals surface area (Å²) in [6.07, 6.45) is 0.503. The van der Waals surface area contributed by atoms with Crippen molar-refractivity contribution in [3.05, 3.63) is 94.8 Å². The molecule has 2 heterocycles. The van der Waals surface area contributed by atoms with Crippen LogP contribution in [0.3, 0.4) is 0 Å². The molecule has 208 valence electrons. The third-order valence-electron chi connectivity index (χ3n) is 6.64. The van der Waals surface area contributed by atoms with Gasteiger partial charge in [0.1, 0.15) is 11.5 Å². The summed E-state index contributed by atoms with van der Waals surface area (Å²) >= 11 is 0. The third-order valence-corrected chi connectivity index (χ3v) is 6.64. The summed E-state index contributed by atoms with van der Waals surface area (Å²) in [6, 6.07) is 16.0. The molecule has 1 aliphatic heterocycles. The smallest absolute Gasteiger partial charge is 0.416 e. The van der Waals surface area contributed by atoms with Crippen LogP contribution < -0.4 is 15.4 Å². The van der Waals surface area contributed by atoms with Gasteiger partial charge in [0.05, 0.1) is 30.3 Å². The number of carbonyl (C=O) groups is 1. The lowest BCUT2D eigenvalue weighted by atomic mass is 10.0. The highest BCUT2D eigenvalue weighted by Crippen LogP contribution is 2.31. The van der Waals surface area contributed by atoms with Crippen LogP contribution in [0, 0.1) is 6.92 Å². The van der Waals surface area contributed by atoms with Crippen LogP contribution in [0.5, 0.6) is 11.5 Å². The van der Waals surface area contributed by atoms with E-state index in [-0.39, 0.29) is 11.9 Å². The molecule has 1 unspecified atom stereocenters. The van der Waals surface area contributed by atoms with Crippen molar-refractivity contribution >= 4 is 22.9 Å². The molecule has 2 N–H and O–H groups in total. The molecular formula is C30H29F3N4O3. The summed E-state index contributed by atoms with van der Waals surface area (Å²) < 4.78 is 50.7. The second kappa shape index (κ2) is 11.4. The molecule has 1 aliphatic rings. The van der Waals surface area contributed by atoms with Gasteiger partial charge in [-0.2, -0.15) is 18.3 Å². The van der Waals surface area contributed by atoms with Gasteiger partial charge in [0, 0.05) is 42.9 Å². The molecule has 1 aromatic heterocycles. The van der Waals surface area contributed by atoms with Crippen LogP contribution in [0.25, 0.3) is 17.0 Å². The second-order valence-corrected chi connectivity index (χ2v) is 9.73. The highest BCUT2D eigenvalue weighted by atomic mass is 19.4. The minimum absolute atomic E-state index is 0.126. The molecule has 1 amide bonds. The summed E-state index contributed by atoms with van der Waals surface area (Å²) in [7, 11) is 1.60. The standard InChI is InChI=1S/C30H29F3N4O3/c1-19-13-28-21(15-27(19)29(38)34-11-12-39-2)17-37(36-28)18-24-16-23(35-24)14-20-3-7-25(8-4-20)40-26-9-5-22(6-10-26)30(31,32)33/h3-10,13-15,17,24,35H,11-12,16,18H2,1-2H3,(H,34,38). The Labute approximate surface area is 229 Å². The van der Waals surface area contributed by atoms with Gasteiger partial charge in [-0.1, -0.05) is 12.1 Å². The molecular weight excluding hydrogens is 521 g/mol. The third kappa shape index (κ3) is 6.45. The number of ether oxygens (including phenoxy) is 2. The summed E-state index contributed by atoms with van der Waals surface area (Å²) in [5.74, 6) is 0.752. The lowest BCUT2D eigenvalue weighted by Gasteiger charge is -2.32. The normalized spacial score (nSPS) is 16.0. The molecule has 0 bridgehead atoms. The zero-order chi connectivity index (χ0) is 28.3. The van der Waals surface area contributed by atoms with E-state index in [1.54, 1.807) is 19.2 Å². The summed E-state index contributed by atoms with van der Waals surface area (Å²) in [5, 5.41) is 11.9. The van der Waals surface area contributed by atoms with Crippen molar-refractivity contribution in [2.75, 3.05) is 20.3 Å². The van der Waals surface area contributed by atoms with Crippen LogP contribution in [0.1, 0.15) is 33.5 Å². The predicted molar refractivity (Wildman–Crippen MR) is 146 cm³/mol. The Morgan fingerprint density at radius 3 is 2.45 bits per heavy atom. The maximum Gasteiger partial charge on any atom is 0.416 e. The number of fused-ring (bicyclic) bond motifs is 1. The van der Waals surface area contributed by atoms with Gasteiger partial charge in [0.15, 0.2) is 0 Å². The molecule has 0 radical (unpaired) electrons. The van der Waals surface area contributed by atoms with Crippen LogP contribution in [0.15, 0.2) is 72.6 Å². The van der Waals surface area contributed by atoms with E-state index in [4.69, 9.17) is 9.47 Å². The summed E-state index contributed by atoms with van der Waals surface area (Å²) in [5.41, 5.74) is 3.72. The van der Waals surface area contributed by atoms with E-state index in [0.29, 0.717) is 36.8 Å². The molecule has 1 atom stereocenters. The minimum Gasteiger partial charge on any atom is -0.457 e. The molecule has 7 nitrogen and oxygen atoms in total. The number of aromatic nitrogens is 2. The van der Waals surface area contributed by atoms with Crippen LogP contribution in [-0.4, -0.2) is 42.0 Å². The molecule has 1 fully saturated rings. The van der Waals surface area contributed by atoms with E-state index < -0.39 is 11.7 Å².